The maximum absolute atomic E-state index is 6.39. The fourth-order valence-electron chi connectivity index (χ4n) is 4.48. The highest BCUT2D eigenvalue weighted by Gasteiger charge is 2.51. The Morgan fingerprint density at radius 1 is 0.676 bits per heavy atom. The maximum Gasteiger partial charge on any atom is 0.134 e. The van der Waals surface area contributed by atoms with Crippen LogP contribution in [0.15, 0.2) is 51.1 Å². The summed E-state index contributed by atoms with van der Waals surface area (Å²) < 4.78 is 36.1. The lowest BCUT2D eigenvalue weighted by Crippen LogP contribution is -2.59. The molecule has 2 aliphatic rings. The summed E-state index contributed by atoms with van der Waals surface area (Å²) >= 11 is 21.4. The largest absolute Gasteiger partial charge is 0.490 e. The lowest BCUT2D eigenvalue weighted by molar-refractivity contribution is -0.251. The van der Waals surface area contributed by atoms with Gasteiger partial charge in [0.05, 0.1) is 35.4 Å². The molecule has 0 aromatic heterocycles. The molecule has 2 aromatic carbocycles. The Balaban J connectivity index is 1.30. The van der Waals surface area contributed by atoms with Gasteiger partial charge in [-0.05, 0) is 133 Å². The molecule has 0 N–H and O–H groups in total. The van der Waals surface area contributed by atoms with Gasteiger partial charge in [0, 0.05) is 28.7 Å². The fraction of sp³-hybridized carbons (Fsp3) is 0.538. The lowest BCUT2D eigenvalue weighted by atomic mass is 9.75. The van der Waals surface area contributed by atoms with Gasteiger partial charge in [-0.3, -0.25) is 0 Å². The number of benzene rings is 2. The van der Waals surface area contributed by atoms with E-state index < -0.39 is 0 Å². The molecule has 4 atom stereocenters. The lowest BCUT2D eigenvalue weighted by Gasteiger charge is -2.51. The van der Waals surface area contributed by atoms with Gasteiger partial charge in [-0.2, -0.15) is 0 Å². The van der Waals surface area contributed by atoms with Crippen LogP contribution >= 0.6 is 95.6 Å². The maximum atomic E-state index is 6.39. The number of hydrogen-bond acceptors (Lipinski definition) is 5. The predicted molar refractivity (Wildman–Crippen MR) is 166 cm³/mol. The third kappa shape index (κ3) is 6.50. The molecule has 4 rings (SSSR count). The van der Waals surface area contributed by atoms with Crippen LogP contribution in [-0.2, 0) is 14.2 Å². The summed E-state index contributed by atoms with van der Waals surface area (Å²) in [5.74, 6) is 1.56. The molecule has 0 spiro atoms. The minimum Gasteiger partial charge on any atom is -0.490 e. The molecular formula is C26H28Br6O5. The first-order chi connectivity index (χ1) is 17.7. The van der Waals surface area contributed by atoms with E-state index in [9.17, 15) is 0 Å². The van der Waals surface area contributed by atoms with Gasteiger partial charge in [-0.25, -0.2) is 0 Å². The Kier molecular flexibility index (Phi) is 11.0. The average Bonchev–Trinajstić information content (AvgIpc) is 2.87. The minimum atomic E-state index is -0.0564. The number of ether oxygens (including phenoxy) is 5. The van der Waals surface area contributed by atoms with Crippen LogP contribution in [-0.4, -0.2) is 51.8 Å². The van der Waals surface area contributed by atoms with Crippen molar-refractivity contribution < 1.29 is 23.7 Å². The molecule has 0 bridgehead atoms. The van der Waals surface area contributed by atoms with Gasteiger partial charge in [0.2, 0.25) is 0 Å². The fourth-order valence-corrected chi connectivity index (χ4v) is 7.25. The third-order valence-corrected chi connectivity index (χ3v) is 14.1. The van der Waals surface area contributed by atoms with E-state index in [-0.39, 0.29) is 23.0 Å². The van der Waals surface area contributed by atoms with E-state index in [1.54, 1.807) is 0 Å². The topological polar surface area (TPSA) is 46.2 Å². The van der Waals surface area contributed by atoms with Crippen molar-refractivity contribution >= 4 is 95.6 Å². The van der Waals surface area contributed by atoms with Crippen molar-refractivity contribution in [2.45, 2.75) is 38.9 Å². The van der Waals surface area contributed by atoms with Gasteiger partial charge in [-0.15, -0.1) is 0 Å². The molecule has 11 heteroatoms. The molecule has 2 saturated heterocycles. The summed E-state index contributed by atoms with van der Waals surface area (Å²) in [6.07, 6.45) is 1.88. The van der Waals surface area contributed by atoms with Crippen LogP contribution < -0.4 is 9.47 Å². The van der Waals surface area contributed by atoms with Gasteiger partial charge in [0.15, 0.2) is 0 Å². The van der Waals surface area contributed by atoms with Crippen molar-refractivity contribution in [3.63, 3.8) is 0 Å². The van der Waals surface area contributed by atoms with E-state index in [4.69, 9.17) is 23.7 Å². The molecule has 2 aromatic rings. The second kappa shape index (κ2) is 13.2. The van der Waals surface area contributed by atoms with Crippen LogP contribution in [0.3, 0.4) is 0 Å². The van der Waals surface area contributed by atoms with Gasteiger partial charge >= 0.3 is 0 Å². The van der Waals surface area contributed by atoms with E-state index in [0.717, 1.165) is 51.2 Å². The van der Waals surface area contributed by atoms with Crippen molar-refractivity contribution in [2.75, 3.05) is 39.6 Å². The van der Waals surface area contributed by atoms with Gasteiger partial charge in [0.1, 0.15) is 36.9 Å². The van der Waals surface area contributed by atoms with E-state index in [1.165, 1.54) is 0 Å². The van der Waals surface area contributed by atoms with Crippen LogP contribution in [0.2, 0.25) is 0 Å². The van der Waals surface area contributed by atoms with Crippen molar-refractivity contribution in [3.05, 3.63) is 51.1 Å². The van der Waals surface area contributed by atoms with Gasteiger partial charge in [-0.1, -0.05) is 13.8 Å². The zero-order valence-electron chi connectivity index (χ0n) is 20.4. The second-order valence-electron chi connectivity index (χ2n) is 9.49. The quantitative estimate of drug-likeness (QED) is 0.199. The first-order valence-electron chi connectivity index (χ1n) is 12.0. The average molecular weight is 900 g/mol. The summed E-state index contributed by atoms with van der Waals surface area (Å²) in [5, 5.41) is 0. The highest BCUT2D eigenvalue weighted by Crippen LogP contribution is 2.44. The van der Waals surface area contributed by atoms with Gasteiger partial charge in [0.25, 0.3) is 0 Å². The van der Waals surface area contributed by atoms with Crippen LogP contribution in [0, 0.1) is 10.8 Å². The highest BCUT2D eigenvalue weighted by atomic mass is 79.9. The first-order valence-corrected chi connectivity index (χ1v) is 16.8. The third-order valence-electron chi connectivity index (χ3n) is 7.48. The molecule has 0 amide bonds. The molecule has 37 heavy (non-hydrogen) atoms. The molecule has 0 saturated carbocycles. The number of hydrogen-bond donors (Lipinski definition) is 0. The normalized spacial score (nSPS) is 26.9. The van der Waals surface area contributed by atoms with Crippen molar-refractivity contribution in [1.29, 1.82) is 0 Å². The molecule has 2 aliphatic heterocycles. The van der Waals surface area contributed by atoms with Crippen molar-refractivity contribution in [3.8, 4) is 11.5 Å². The molecule has 4 unspecified atom stereocenters. The first kappa shape index (κ1) is 30.8. The van der Waals surface area contributed by atoms with Crippen molar-refractivity contribution in [2.24, 2.45) is 10.8 Å². The molecule has 204 valence electrons. The summed E-state index contributed by atoms with van der Waals surface area (Å²) in [7, 11) is 0. The summed E-state index contributed by atoms with van der Waals surface area (Å²) in [5.41, 5.74) is -0.113. The van der Waals surface area contributed by atoms with Crippen LogP contribution in [0.25, 0.3) is 0 Å². The molecule has 0 radical (unpaired) electrons. The highest BCUT2D eigenvalue weighted by molar-refractivity contribution is 9.15. The van der Waals surface area contributed by atoms with E-state index in [1.807, 2.05) is 24.3 Å². The molecule has 0 aliphatic carbocycles. The van der Waals surface area contributed by atoms with Crippen LogP contribution in [0.1, 0.15) is 26.7 Å². The van der Waals surface area contributed by atoms with Crippen LogP contribution in [0.5, 0.6) is 11.5 Å². The molecule has 2 heterocycles. The number of rotatable bonds is 12. The molecular weight excluding hydrogens is 872 g/mol. The Labute approximate surface area is 268 Å². The van der Waals surface area contributed by atoms with E-state index in [2.05, 4.69) is 109 Å². The molecule has 2 fully saturated rings. The monoisotopic (exact) mass is 894 g/mol. The Morgan fingerprint density at radius 3 is 1.41 bits per heavy atom. The standard InChI is InChI=1S/C26H28Br6O5/c1-3-25(13-36-19(25)9-34-17-7-5-15(27)21(29)23(17)31)11-33-12-26(4-2)14-37-20(26)10-35-18-8-6-16(28)22(30)24(18)32/h5-8,19-20H,3-4,9-14H2,1-2H3. The van der Waals surface area contributed by atoms with Crippen molar-refractivity contribution in [1.82, 2.24) is 0 Å². The zero-order valence-corrected chi connectivity index (χ0v) is 29.9. The van der Waals surface area contributed by atoms with E-state index >= 15 is 0 Å². The summed E-state index contributed by atoms with van der Waals surface area (Å²) in [6, 6.07) is 7.80. The Hall–Kier alpha value is 0.800. The number of halogens is 6. The SMILES string of the molecule is CCC1(COCC2(CC)COC2COc2ccc(Br)c(Br)c2Br)COC1COc1ccc(Br)c(Br)c1Br. The molecule has 5 nitrogen and oxygen atoms in total. The Morgan fingerprint density at radius 2 is 1.08 bits per heavy atom. The smallest absolute Gasteiger partial charge is 0.134 e. The van der Waals surface area contributed by atoms with Crippen LogP contribution in [0.4, 0.5) is 0 Å². The minimum absolute atomic E-state index is 0.0191. The second-order valence-corrected chi connectivity index (χ2v) is 14.4. The van der Waals surface area contributed by atoms with Gasteiger partial charge < -0.3 is 23.7 Å². The van der Waals surface area contributed by atoms with E-state index in [0.29, 0.717) is 39.6 Å². The Bertz CT molecular complexity index is 1020. The summed E-state index contributed by atoms with van der Waals surface area (Å²) in [6.45, 7) is 7.94. The predicted octanol–water partition coefficient (Wildman–Crippen LogP) is 9.33. The summed E-state index contributed by atoms with van der Waals surface area (Å²) in [4.78, 5) is 0. The zero-order chi connectivity index (χ0) is 26.8.